The molecule has 1 aromatic rings. The van der Waals surface area contributed by atoms with Gasteiger partial charge in [-0.15, -0.1) is 0 Å². The molecule has 3 heteroatoms. The molecule has 0 unspecified atom stereocenters. The second kappa shape index (κ2) is 6.13. The van der Waals surface area contributed by atoms with Gasteiger partial charge in [0.25, 0.3) is 0 Å². The summed E-state index contributed by atoms with van der Waals surface area (Å²) >= 11 is 0. The Morgan fingerprint density at radius 1 is 1.30 bits per heavy atom. The first-order valence-corrected chi connectivity index (χ1v) is 7.76. The number of rotatable bonds is 4. The highest BCUT2D eigenvalue weighted by Crippen LogP contribution is 2.26. The third-order valence-electron chi connectivity index (χ3n) is 5.08. The average molecular weight is 276 g/mol. The minimum absolute atomic E-state index is 0.257. The summed E-state index contributed by atoms with van der Waals surface area (Å²) in [6, 6.07) is 2.61. The van der Waals surface area contributed by atoms with Crippen LogP contribution in [0.2, 0.25) is 0 Å². The van der Waals surface area contributed by atoms with Crippen molar-refractivity contribution in [2.24, 2.45) is 13.0 Å². The Bertz CT molecular complexity index is 481. The molecule has 0 aromatic carbocycles. The van der Waals surface area contributed by atoms with Gasteiger partial charge < -0.3 is 4.57 Å². The zero-order valence-electron chi connectivity index (χ0n) is 13.6. The first kappa shape index (κ1) is 15.3. The molecule has 0 radical (unpaired) electrons. The fourth-order valence-corrected chi connectivity index (χ4v) is 3.26. The number of carbonyl (C=O) groups is 1. The van der Waals surface area contributed by atoms with Gasteiger partial charge in [-0.05, 0) is 58.6 Å². The highest BCUT2D eigenvalue weighted by atomic mass is 16.1. The zero-order valence-corrected chi connectivity index (χ0v) is 13.6. The van der Waals surface area contributed by atoms with Gasteiger partial charge in [-0.3, -0.25) is 9.69 Å². The van der Waals surface area contributed by atoms with E-state index in [4.69, 9.17) is 0 Å². The van der Waals surface area contributed by atoms with Crippen LogP contribution >= 0.6 is 0 Å². The molecule has 0 bridgehead atoms. The summed E-state index contributed by atoms with van der Waals surface area (Å²) in [4.78, 5) is 14.8. The van der Waals surface area contributed by atoms with Crippen LogP contribution in [0, 0.1) is 19.8 Å². The van der Waals surface area contributed by atoms with E-state index < -0.39 is 0 Å². The van der Waals surface area contributed by atoms with E-state index in [0.29, 0.717) is 12.6 Å². The Labute approximate surface area is 123 Å². The molecule has 0 saturated heterocycles. The van der Waals surface area contributed by atoms with E-state index in [9.17, 15) is 4.79 Å². The monoisotopic (exact) mass is 276 g/mol. The summed E-state index contributed by atoms with van der Waals surface area (Å²) < 4.78 is 2.09. The molecular weight excluding hydrogens is 248 g/mol. The van der Waals surface area contributed by atoms with Crippen molar-refractivity contribution in [2.75, 3.05) is 13.6 Å². The molecule has 1 aliphatic carbocycles. The highest BCUT2D eigenvalue weighted by molar-refractivity contribution is 5.99. The van der Waals surface area contributed by atoms with Crippen molar-refractivity contribution in [3.8, 4) is 0 Å². The summed E-state index contributed by atoms with van der Waals surface area (Å²) in [6.07, 6.45) is 5.06. The predicted octanol–water partition coefficient (Wildman–Crippen LogP) is 3.34. The molecule has 1 aliphatic rings. The van der Waals surface area contributed by atoms with E-state index in [1.807, 2.05) is 20.0 Å². The molecule has 0 N–H and O–H groups in total. The number of hydrogen-bond acceptors (Lipinski definition) is 2. The molecule has 1 aromatic heterocycles. The van der Waals surface area contributed by atoms with Crippen LogP contribution in [-0.4, -0.2) is 34.9 Å². The van der Waals surface area contributed by atoms with Gasteiger partial charge in [0.15, 0.2) is 5.78 Å². The normalized spacial score (nSPS) is 23.3. The van der Waals surface area contributed by atoms with Gasteiger partial charge in [0.2, 0.25) is 0 Å². The summed E-state index contributed by atoms with van der Waals surface area (Å²) in [5, 5.41) is 0. The van der Waals surface area contributed by atoms with Gasteiger partial charge in [0, 0.05) is 30.0 Å². The fraction of sp³-hybridized carbons (Fsp3) is 0.706. The highest BCUT2D eigenvalue weighted by Gasteiger charge is 2.24. The first-order valence-electron chi connectivity index (χ1n) is 7.76. The molecule has 1 saturated carbocycles. The largest absolute Gasteiger partial charge is 0.351 e. The van der Waals surface area contributed by atoms with Gasteiger partial charge in [0.05, 0.1) is 6.54 Å². The summed E-state index contributed by atoms with van der Waals surface area (Å²) in [5.74, 6) is 1.11. The van der Waals surface area contributed by atoms with Crippen molar-refractivity contribution in [2.45, 2.75) is 52.5 Å². The first-order chi connectivity index (χ1) is 9.40. The van der Waals surface area contributed by atoms with Crippen LogP contribution in [0.15, 0.2) is 6.07 Å². The topological polar surface area (TPSA) is 25.2 Å². The number of likely N-dealkylation sites (N-methyl/N-ethyl adjacent to an activating group) is 1. The maximum atomic E-state index is 12.5. The van der Waals surface area contributed by atoms with Gasteiger partial charge in [-0.1, -0.05) is 6.92 Å². The van der Waals surface area contributed by atoms with E-state index in [1.54, 1.807) is 0 Å². The number of Topliss-reactive ketones (excluding diaryl/α,β-unsaturated/α-hetero) is 1. The van der Waals surface area contributed by atoms with Gasteiger partial charge in [0.1, 0.15) is 0 Å². The van der Waals surface area contributed by atoms with Crippen molar-refractivity contribution in [1.29, 1.82) is 0 Å². The number of carbonyl (C=O) groups excluding carboxylic acids is 1. The zero-order chi connectivity index (χ0) is 14.9. The second-order valence-electron chi connectivity index (χ2n) is 6.60. The maximum absolute atomic E-state index is 12.5. The van der Waals surface area contributed by atoms with Gasteiger partial charge in [-0.25, -0.2) is 0 Å². The Kier molecular flexibility index (Phi) is 4.69. The Morgan fingerprint density at radius 3 is 2.40 bits per heavy atom. The van der Waals surface area contributed by atoms with E-state index >= 15 is 0 Å². The standard InChI is InChI=1S/C17H28N2O/c1-12-6-8-15(9-7-12)18(4)11-17(20)16-10-13(2)19(5)14(16)3/h10,12,15H,6-9,11H2,1-5H3. The number of nitrogens with zero attached hydrogens (tertiary/aromatic N) is 2. The van der Waals surface area contributed by atoms with E-state index in [2.05, 4.69) is 30.4 Å². The lowest BCUT2D eigenvalue weighted by Crippen LogP contribution is -2.38. The van der Waals surface area contributed by atoms with Crippen LogP contribution in [0.1, 0.15) is 54.4 Å². The predicted molar refractivity (Wildman–Crippen MR) is 83.3 cm³/mol. The van der Waals surface area contributed by atoms with Crippen molar-refractivity contribution in [1.82, 2.24) is 9.47 Å². The van der Waals surface area contributed by atoms with Crippen LogP contribution in [0.3, 0.4) is 0 Å². The van der Waals surface area contributed by atoms with Crippen molar-refractivity contribution in [3.05, 3.63) is 23.0 Å². The molecule has 0 amide bonds. The number of ketones is 1. The maximum Gasteiger partial charge on any atom is 0.178 e. The van der Waals surface area contributed by atoms with Crippen LogP contribution in [0.25, 0.3) is 0 Å². The van der Waals surface area contributed by atoms with Gasteiger partial charge in [-0.2, -0.15) is 0 Å². The third kappa shape index (κ3) is 3.14. The Hall–Kier alpha value is -1.09. The molecule has 1 fully saturated rings. The molecule has 1 heterocycles. The Balaban J connectivity index is 1.98. The number of aryl methyl sites for hydroxylation is 1. The van der Waals surface area contributed by atoms with Crippen LogP contribution < -0.4 is 0 Å². The molecule has 0 spiro atoms. The minimum atomic E-state index is 0.257. The lowest BCUT2D eigenvalue weighted by molar-refractivity contribution is 0.0888. The summed E-state index contributed by atoms with van der Waals surface area (Å²) in [7, 11) is 4.12. The average Bonchev–Trinajstić information content (AvgIpc) is 2.67. The SMILES string of the molecule is Cc1cc(C(=O)CN(C)C2CCC(C)CC2)c(C)n1C. The number of aromatic nitrogens is 1. The van der Waals surface area contributed by atoms with Crippen molar-refractivity contribution in [3.63, 3.8) is 0 Å². The fourth-order valence-electron chi connectivity index (χ4n) is 3.26. The lowest BCUT2D eigenvalue weighted by atomic mass is 9.86. The van der Waals surface area contributed by atoms with Crippen LogP contribution in [0.4, 0.5) is 0 Å². The molecule has 3 nitrogen and oxygen atoms in total. The number of hydrogen-bond donors (Lipinski definition) is 0. The van der Waals surface area contributed by atoms with Crippen molar-refractivity contribution >= 4 is 5.78 Å². The third-order valence-corrected chi connectivity index (χ3v) is 5.08. The van der Waals surface area contributed by atoms with E-state index in [-0.39, 0.29) is 5.78 Å². The summed E-state index contributed by atoms with van der Waals surface area (Å²) in [5.41, 5.74) is 3.12. The molecular formula is C17H28N2O. The Morgan fingerprint density at radius 2 is 1.90 bits per heavy atom. The summed E-state index contributed by atoms with van der Waals surface area (Å²) in [6.45, 7) is 6.96. The van der Waals surface area contributed by atoms with E-state index in [0.717, 1.165) is 22.9 Å². The van der Waals surface area contributed by atoms with Crippen LogP contribution in [0.5, 0.6) is 0 Å². The molecule has 0 aliphatic heterocycles. The minimum Gasteiger partial charge on any atom is -0.351 e. The second-order valence-corrected chi connectivity index (χ2v) is 6.60. The quantitative estimate of drug-likeness (QED) is 0.788. The molecule has 0 atom stereocenters. The molecule has 2 rings (SSSR count). The van der Waals surface area contributed by atoms with Crippen molar-refractivity contribution < 1.29 is 4.79 Å². The molecule has 112 valence electrons. The smallest absolute Gasteiger partial charge is 0.178 e. The molecule has 20 heavy (non-hydrogen) atoms. The van der Waals surface area contributed by atoms with Crippen LogP contribution in [-0.2, 0) is 7.05 Å². The lowest BCUT2D eigenvalue weighted by Gasteiger charge is -2.33. The van der Waals surface area contributed by atoms with Gasteiger partial charge >= 0.3 is 0 Å². The van der Waals surface area contributed by atoms with E-state index in [1.165, 1.54) is 25.7 Å².